The number of carbonyl (C=O) groups excluding carboxylic acids is 1. The number of hydrogen-bond donors (Lipinski definition) is 0. The third-order valence-corrected chi connectivity index (χ3v) is 6.32. The lowest BCUT2D eigenvalue weighted by Gasteiger charge is -2.36. The zero-order chi connectivity index (χ0) is 22.2. The number of anilines is 2. The third-order valence-electron chi connectivity index (χ3n) is 6.09. The minimum absolute atomic E-state index is 0.0334. The SMILES string of the molecule is Cc1nc(N2CCOCC2)c2c(C(=O)N3CCN(c4cccc(Cl)c4)CC3)c(C)oc2n1. The lowest BCUT2D eigenvalue weighted by Crippen LogP contribution is -2.49. The molecule has 0 saturated carbocycles. The standard InChI is InChI=1S/C23H26ClN5O3/c1-15-19(20-21(28-10-12-31-13-11-28)25-16(2)26-22(20)32-15)23(30)29-8-6-27(7-9-29)18-5-3-4-17(24)14-18/h3-5,14H,6-13H2,1-2H3. The number of halogens is 1. The Hall–Kier alpha value is -2.84. The van der Waals surface area contributed by atoms with E-state index in [-0.39, 0.29) is 5.91 Å². The van der Waals surface area contributed by atoms with Crippen molar-refractivity contribution in [3.05, 3.63) is 46.4 Å². The summed E-state index contributed by atoms with van der Waals surface area (Å²) in [6, 6.07) is 7.82. The second-order valence-corrected chi connectivity index (χ2v) is 8.60. The molecule has 2 aromatic heterocycles. The molecule has 0 atom stereocenters. The molecule has 1 aromatic carbocycles. The Morgan fingerprint density at radius 3 is 2.47 bits per heavy atom. The van der Waals surface area contributed by atoms with Crippen LogP contribution in [0.4, 0.5) is 11.5 Å². The lowest BCUT2D eigenvalue weighted by molar-refractivity contribution is 0.0746. The van der Waals surface area contributed by atoms with E-state index in [4.69, 9.17) is 25.7 Å². The Bertz CT molecular complexity index is 1150. The molecule has 0 N–H and O–H groups in total. The summed E-state index contributed by atoms with van der Waals surface area (Å²) in [7, 11) is 0. The van der Waals surface area contributed by atoms with Crippen LogP contribution < -0.4 is 9.80 Å². The largest absolute Gasteiger partial charge is 0.442 e. The Kier molecular flexibility index (Phi) is 5.65. The van der Waals surface area contributed by atoms with E-state index in [1.165, 1.54) is 0 Å². The van der Waals surface area contributed by atoms with E-state index in [9.17, 15) is 4.79 Å². The van der Waals surface area contributed by atoms with Crippen molar-refractivity contribution >= 4 is 40.1 Å². The number of hydrogen-bond acceptors (Lipinski definition) is 7. The maximum Gasteiger partial charge on any atom is 0.258 e. The van der Waals surface area contributed by atoms with Crippen LogP contribution in [0.2, 0.25) is 5.02 Å². The summed E-state index contributed by atoms with van der Waals surface area (Å²) in [5.74, 6) is 1.93. The fraction of sp³-hybridized carbons (Fsp3) is 0.435. The van der Waals surface area contributed by atoms with Crippen molar-refractivity contribution in [3.63, 3.8) is 0 Å². The van der Waals surface area contributed by atoms with Gasteiger partial charge in [-0.2, -0.15) is 4.98 Å². The summed E-state index contributed by atoms with van der Waals surface area (Å²) in [6.07, 6.45) is 0. The van der Waals surface area contributed by atoms with E-state index in [1.54, 1.807) is 0 Å². The number of rotatable bonds is 3. The number of ether oxygens (including phenoxy) is 1. The molecule has 2 aliphatic rings. The monoisotopic (exact) mass is 455 g/mol. The molecule has 0 radical (unpaired) electrons. The lowest BCUT2D eigenvalue weighted by atomic mass is 10.1. The third kappa shape index (κ3) is 3.89. The molecule has 2 aliphatic heterocycles. The predicted molar refractivity (Wildman–Crippen MR) is 124 cm³/mol. The molecule has 0 bridgehead atoms. The maximum absolute atomic E-state index is 13.6. The first-order valence-corrected chi connectivity index (χ1v) is 11.3. The van der Waals surface area contributed by atoms with Crippen LogP contribution in [-0.2, 0) is 4.74 Å². The predicted octanol–water partition coefficient (Wildman–Crippen LogP) is 3.29. The normalized spacial score (nSPS) is 17.3. The van der Waals surface area contributed by atoms with E-state index in [1.807, 2.05) is 43.0 Å². The molecule has 1 amide bonds. The average Bonchev–Trinajstić information content (AvgIpc) is 3.14. The molecule has 32 heavy (non-hydrogen) atoms. The van der Waals surface area contributed by atoms with Gasteiger partial charge in [0.25, 0.3) is 5.91 Å². The van der Waals surface area contributed by atoms with Crippen molar-refractivity contribution in [2.75, 3.05) is 62.3 Å². The van der Waals surface area contributed by atoms with Gasteiger partial charge in [-0.3, -0.25) is 4.79 Å². The molecule has 2 fully saturated rings. The summed E-state index contributed by atoms with van der Waals surface area (Å²) in [5, 5.41) is 1.42. The van der Waals surface area contributed by atoms with Gasteiger partial charge in [0.2, 0.25) is 5.71 Å². The second-order valence-electron chi connectivity index (χ2n) is 8.17. The summed E-state index contributed by atoms with van der Waals surface area (Å²) >= 11 is 6.15. The summed E-state index contributed by atoms with van der Waals surface area (Å²) in [5.41, 5.74) is 2.11. The number of morpholine rings is 1. The molecule has 0 spiro atoms. The number of piperazine rings is 1. The number of aromatic nitrogens is 2. The number of carbonyl (C=O) groups is 1. The quantitative estimate of drug-likeness (QED) is 0.599. The van der Waals surface area contributed by atoms with Gasteiger partial charge in [0.15, 0.2) is 0 Å². The number of fused-ring (bicyclic) bond motifs is 1. The number of furan rings is 1. The van der Waals surface area contributed by atoms with Gasteiger partial charge in [0.1, 0.15) is 17.4 Å². The fourth-order valence-corrected chi connectivity index (χ4v) is 4.64. The van der Waals surface area contributed by atoms with Crippen molar-refractivity contribution in [1.82, 2.24) is 14.9 Å². The molecular weight excluding hydrogens is 430 g/mol. The molecule has 2 saturated heterocycles. The zero-order valence-corrected chi connectivity index (χ0v) is 19.1. The number of benzene rings is 1. The van der Waals surface area contributed by atoms with Gasteiger partial charge in [0, 0.05) is 50.0 Å². The Labute approximate surface area is 191 Å². The average molecular weight is 456 g/mol. The maximum atomic E-state index is 13.6. The highest BCUT2D eigenvalue weighted by atomic mass is 35.5. The first-order chi connectivity index (χ1) is 15.5. The fourth-order valence-electron chi connectivity index (χ4n) is 4.46. The van der Waals surface area contributed by atoms with Gasteiger partial charge < -0.3 is 23.9 Å². The molecule has 0 unspecified atom stereocenters. The van der Waals surface area contributed by atoms with Crippen molar-refractivity contribution in [3.8, 4) is 0 Å². The first-order valence-electron chi connectivity index (χ1n) is 10.9. The van der Waals surface area contributed by atoms with Crippen LogP contribution in [0.3, 0.4) is 0 Å². The second kappa shape index (κ2) is 8.60. The molecule has 4 heterocycles. The van der Waals surface area contributed by atoms with Crippen molar-refractivity contribution in [2.45, 2.75) is 13.8 Å². The minimum Gasteiger partial charge on any atom is -0.442 e. The van der Waals surface area contributed by atoms with E-state index in [0.29, 0.717) is 59.6 Å². The minimum atomic E-state index is -0.0334. The van der Waals surface area contributed by atoms with E-state index in [2.05, 4.69) is 14.8 Å². The van der Waals surface area contributed by atoms with E-state index >= 15 is 0 Å². The van der Waals surface area contributed by atoms with Crippen LogP contribution >= 0.6 is 11.6 Å². The summed E-state index contributed by atoms with van der Waals surface area (Å²) in [6.45, 7) is 9.12. The number of amides is 1. The van der Waals surface area contributed by atoms with Gasteiger partial charge in [-0.25, -0.2) is 4.98 Å². The molecule has 5 rings (SSSR count). The van der Waals surface area contributed by atoms with E-state index in [0.717, 1.165) is 37.7 Å². The van der Waals surface area contributed by atoms with Crippen LogP contribution in [0.25, 0.3) is 11.1 Å². The van der Waals surface area contributed by atoms with Crippen LogP contribution in [0.15, 0.2) is 28.7 Å². The van der Waals surface area contributed by atoms with Crippen LogP contribution in [0, 0.1) is 13.8 Å². The van der Waals surface area contributed by atoms with Crippen molar-refractivity contribution in [2.24, 2.45) is 0 Å². The Morgan fingerprint density at radius 1 is 1.00 bits per heavy atom. The van der Waals surface area contributed by atoms with Gasteiger partial charge >= 0.3 is 0 Å². The molecule has 9 heteroatoms. The van der Waals surface area contributed by atoms with Crippen molar-refractivity contribution < 1.29 is 13.9 Å². The molecule has 3 aromatic rings. The highest BCUT2D eigenvalue weighted by Crippen LogP contribution is 2.33. The Morgan fingerprint density at radius 2 is 1.75 bits per heavy atom. The van der Waals surface area contributed by atoms with Crippen LogP contribution in [0.5, 0.6) is 0 Å². The van der Waals surface area contributed by atoms with Crippen LogP contribution in [-0.4, -0.2) is 73.3 Å². The first kappa shape index (κ1) is 21.0. The van der Waals surface area contributed by atoms with Gasteiger partial charge in [-0.05, 0) is 32.0 Å². The van der Waals surface area contributed by atoms with Crippen LogP contribution in [0.1, 0.15) is 21.9 Å². The van der Waals surface area contributed by atoms with Gasteiger partial charge in [-0.1, -0.05) is 17.7 Å². The molecule has 8 nitrogen and oxygen atoms in total. The highest BCUT2D eigenvalue weighted by molar-refractivity contribution is 6.30. The number of aryl methyl sites for hydroxylation is 2. The molecule has 168 valence electrons. The molecule has 0 aliphatic carbocycles. The summed E-state index contributed by atoms with van der Waals surface area (Å²) < 4.78 is 11.4. The van der Waals surface area contributed by atoms with Gasteiger partial charge in [-0.15, -0.1) is 0 Å². The molecular formula is C23H26ClN5O3. The summed E-state index contributed by atoms with van der Waals surface area (Å²) in [4.78, 5) is 29.1. The van der Waals surface area contributed by atoms with Crippen molar-refractivity contribution in [1.29, 1.82) is 0 Å². The highest BCUT2D eigenvalue weighted by Gasteiger charge is 2.31. The smallest absolute Gasteiger partial charge is 0.258 e. The zero-order valence-electron chi connectivity index (χ0n) is 18.3. The topological polar surface area (TPSA) is 74.9 Å². The number of nitrogens with zero attached hydrogens (tertiary/aromatic N) is 5. The van der Waals surface area contributed by atoms with E-state index < -0.39 is 0 Å². The van der Waals surface area contributed by atoms with Gasteiger partial charge in [0.05, 0.1) is 24.2 Å². The Balaban J connectivity index is 1.43.